The second-order valence-electron chi connectivity index (χ2n) is 7.42. The smallest absolute Gasteiger partial charge is 0.121 e. The maximum Gasteiger partial charge on any atom is 0.121 e. The van der Waals surface area contributed by atoms with Gasteiger partial charge in [0.1, 0.15) is 46.1 Å². The highest BCUT2D eigenvalue weighted by molar-refractivity contribution is 5.87. The number of aromatic nitrogens is 5. The van der Waals surface area contributed by atoms with E-state index in [1.165, 1.54) is 0 Å². The van der Waals surface area contributed by atoms with Crippen molar-refractivity contribution in [2.24, 2.45) is 4.99 Å². The molecular formula is C24H13N7. The summed E-state index contributed by atoms with van der Waals surface area (Å²) in [4.78, 5) is 27.9. The molecule has 3 aliphatic heterocycles. The minimum absolute atomic E-state index is 0.697. The van der Waals surface area contributed by atoms with E-state index >= 15 is 0 Å². The van der Waals surface area contributed by atoms with Gasteiger partial charge in [0.05, 0.1) is 22.8 Å². The third-order valence-electron chi connectivity index (χ3n) is 5.60. The maximum atomic E-state index is 4.91. The summed E-state index contributed by atoms with van der Waals surface area (Å²) < 4.78 is 0. The summed E-state index contributed by atoms with van der Waals surface area (Å²) in [7, 11) is 0. The SMILES string of the molecule is C1=CC2=c3ncnc4c3=Nc3c(ncnc3-4)-c3cccc(c3)-c3cccc(n3)C(=C1)N2. The molecule has 1 N–H and O–H groups in total. The average Bonchev–Trinajstić information content (AvgIpc) is 3.23. The highest BCUT2D eigenvalue weighted by atomic mass is 15.0. The molecule has 0 unspecified atom stereocenters. The van der Waals surface area contributed by atoms with Crippen LogP contribution in [0.1, 0.15) is 5.69 Å². The monoisotopic (exact) mass is 399 g/mol. The van der Waals surface area contributed by atoms with Crippen molar-refractivity contribution in [3.8, 4) is 33.9 Å². The van der Waals surface area contributed by atoms with Crippen LogP contribution < -0.4 is 16.0 Å². The third kappa shape index (κ3) is 2.34. The normalized spacial score (nSPS) is 14.3. The van der Waals surface area contributed by atoms with Gasteiger partial charge in [-0.1, -0.05) is 30.3 Å². The van der Waals surface area contributed by atoms with Crippen LogP contribution in [0.5, 0.6) is 0 Å². The minimum Gasteiger partial charge on any atom is -0.352 e. The zero-order chi connectivity index (χ0) is 20.4. The second-order valence-corrected chi connectivity index (χ2v) is 7.42. The van der Waals surface area contributed by atoms with Crippen LogP contribution in [-0.2, 0) is 0 Å². The molecule has 0 amide bonds. The van der Waals surface area contributed by atoms with Crippen molar-refractivity contribution in [3.05, 3.63) is 89.7 Å². The Morgan fingerprint density at radius 2 is 1.55 bits per heavy atom. The second kappa shape index (κ2) is 5.99. The van der Waals surface area contributed by atoms with E-state index in [0.29, 0.717) is 16.7 Å². The number of pyridine rings is 1. The van der Waals surface area contributed by atoms with E-state index in [1.54, 1.807) is 12.7 Å². The lowest BCUT2D eigenvalue weighted by Gasteiger charge is -2.15. The highest BCUT2D eigenvalue weighted by Gasteiger charge is 2.24. The standard InChI is InChI=1S/C24H13N7/c1-4-13-10-14(5-1)19-23-21(27-11-25-19)22-24(31-23)20(26-12-28-22)18-9-3-8-17(30-18)16-7-2-6-15(13)29-16/h1-12,30H. The number of benzene rings is 1. The fraction of sp³-hybridized carbons (Fsp3) is 0. The molecule has 0 aliphatic carbocycles. The average molecular weight is 399 g/mol. The predicted octanol–water partition coefficient (Wildman–Crippen LogP) is 2.55. The van der Waals surface area contributed by atoms with Crippen LogP contribution in [0.15, 0.2) is 78.3 Å². The Morgan fingerprint density at radius 1 is 0.742 bits per heavy atom. The Hall–Kier alpha value is -4.52. The number of hydrogen-bond acceptors (Lipinski definition) is 7. The number of allylic oxidation sites excluding steroid dienone is 2. The lowest BCUT2D eigenvalue weighted by Crippen LogP contribution is -2.35. The van der Waals surface area contributed by atoms with E-state index in [2.05, 4.69) is 37.4 Å². The van der Waals surface area contributed by atoms with Gasteiger partial charge in [0.2, 0.25) is 0 Å². The Bertz CT molecular complexity index is 1620. The molecule has 3 aliphatic rings. The summed E-state index contributed by atoms with van der Waals surface area (Å²) in [5.74, 6) is 0. The Kier molecular flexibility index (Phi) is 3.15. The van der Waals surface area contributed by atoms with Gasteiger partial charge < -0.3 is 5.32 Å². The van der Waals surface area contributed by atoms with Crippen molar-refractivity contribution in [3.63, 3.8) is 0 Å². The van der Waals surface area contributed by atoms with Crippen LogP contribution in [-0.4, -0.2) is 24.9 Å². The predicted molar refractivity (Wildman–Crippen MR) is 116 cm³/mol. The fourth-order valence-corrected chi connectivity index (χ4v) is 4.16. The molecule has 31 heavy (non-hydrogen) atoms. The number of nitrogens with zero attached hydrogens (tertiary/aromatic N) is 6. The number of fused-ring (bicyclic) bond motifs is 10. The Morgan fingerprint density at radius 3 is 2.55 bits per heavy atom. The van der Waals surface area contributed by atoms with Gasteiger partial charge in [0.15, 0.2) is 0 Å². The minimum atomic E-state index is 0.697. The summed E-state index contributed by atoms with van der Waals surface area (Å²) >= 11 is 0. The first kappa shape index (κ1) is 16.3. The quantitative estimate of drug-likeness (QED) is 0.431. The highest BCUT2D eigenvalue weighted by Crippen LogP contribution is 2.37. The number of dihydropyridines is 1. The first-order valence-electron chi connectivity index (χ1n) is 9.88. The van der Waals surface area contributed by atoms with Crippen LogP contribution in [0.4, 0.5) is 5.69 Å². The molecule has 0 saturated heterocycles. The zero-order valence-corrected chi connectivity index (χ0v) is 16.1. The Labute approximate surface area is 176 Å². The van der Waals surface area contributed by atoms with Crippen molar-refractivity contribution in [2.45, 2.75) is 0 Å². The molecule has 144 valence electrons. The van der Waals surface area contributed by atoms with E-state index in [1.807, 2.05) is 48.6 Å². The van der Waals surface area contributed by atoms with E-state index in [-0.39, 0.29) is 0 Å². The van der Waals surface area contributed by atoms with Gasteiger partial charge in [0, 0.05) is 11.1 Å². The molecule has 4 aromatic rings. The van der Waals surface area contributed by atoms with Gasteiger partial charge in [-0.15, -0.1) is 0 Å². The van der Waals surface area contributed by atoms with Crippen LogP contribution in [0, 0.1) is 0 Å². The first-order chi connectivity index (χ1) is 15.3. The van der Waals surface area contributed by atoms with Crippen molar-refractivity contribution in [1.29, 1.82) is 0 Å². The van der Waals surface area contributed by atoms with Crippen molar-refractivity contribution in [2.75, 3.05) is 0 Å². The van der Waals surface area contributed by atoms with Crippen LogP contribution in [0.25, 0.3) is 45.3 Å². The first-order valence-corrected chi connectivity index (χ1v) is 9.88. The Balaban J connectivity index is 1.65. The lowest BCUT2D eigenvalue weighted by atomic mass is 10.0. The van der Waals surface area contributed by atoms with E-state index in [4.69, 9.17) is 9.98 Å². The molecular weight excluding hydrogens is 386 g/mol. The van der Waals surface area contributed by atoms with Crippen LogP contribution in [0.2, 0.25) is 0 Å². The molecule has 0 spiro atoms. The van der Waals surface area contributed by atoms with Gasteiger partial charge in [-0.05, 0) is 30.4 Å². The largest absolute Gasteiger partial charge is 0.352 e. The fourth-order valence-electron chi connectivity index (χ4n) is 4.16. The van der Waals surface area contributed by atoms with Gasteiger partial charge in [-0.3, -0.25) is 0 Å². The molecule has 0 radical (unpaired) electrons. The summed E-state index contributed by atoms with van der Waals surface area (Å²) in [5, 5.41) is 4.89. The number of hydrogen-bond donors (Lipinski definition) is 1. The lowest BCUT2D eigenvalue weighted by molar-refractivity contribution is 1.05. The van der Waals surface area contributed by atoms with E-state index in [9.17, 15) is 0 Å². The van der Waals surface area contributed by atoms with Crippen LogP contribution >= 0.6 is 0 Å². The third-order valence-corrected chi connectivity index (χ3v) is 5.60. The number of nitrogens with one attached hydrogen (secondary N) is 1. The molecule has 8 bridgehead atoms. The summed E-state index contributed by atoms with van der Waals surface area (Å²) in [6.45, 7) is 0. The van der Waals surface area contributed by atoms with Crippen molar-refractivity contribution in [1.82, 2.24) is 30.2 Å². The van der Waals surface area contributed by atoms with Gasteiger partial charge in [-0.25, -0.2) is 29.9 Å². The molecule has 6 heterocycles. The molecule has 7 heteroatoms. The summed E-state index contributed by atoms with van der Waals surface area (Å²) in [6.07, 6.45) is 9.10. The van der Waals surface area contributed by atoms with Gasteiger partial charge in [0.25, 0.3) is 0 Å². The van der Waals surface area contributed by atoms with E-state index in [0.717, 1.165) is 50.6 Å². The van der Waals surface area contributed by atoms with Gasteiger partial charge in [-0.2, -0.15) is 0 Å². The molecule has 7 nitrogen and oxygen atoms in total. The topological polar surface area (TPSA) is 88.8 Å². The van der Waals surface area contributed by atoms with Crippen LogP contribution in [0.3, 0.4) is 0 Å². The summed E-state index contributed by atoms with van der Waals surface area (Å²) in [6, 6.07) is 14.2. The molecule has 0 fully saturated rings. The zero-order valence-electron chi connectivity index (χ0n) is 16.1. The van der Waals surface area contributed by atoms with Gasteiger partial charge >= 0.3 is 0 Å². The van der Waals surface area contributed by atoms with E-state index < -0.39 is 0 Å². The van der Waals surface area contributed by atoms with Crippen molar-refractivity contribution >= 4 is 17.1 Å². The van der Waals surface area contributed by atoms with Crippen molar-refractivity contribution < 1.29 is 0 Å². The number of rotatable bonds is 0. The molecule has 0 saturated carbocycles. The maximum absolute atomic E-state index is 4.91. The summed E-state index contributed by atoms with van der Waals surface area (Å²) in [5.41, 5.74) is 8.36. The molecule has 3 aromatic heterocycles. The molecule has 0 atom stereocenters. The molecule has 1 aromatic carbocycles. The molecule has 7 rings (SSSR count).